The molecule has 6 heteroatoms. The molecule has 0 radical (unpaired) electrons. The van der Waals surface area contributed by atoms with Crippen LogP contribution in [-0.4, -0.2) is 12.9 Å². The molecule has 0 N–H and O–H groups in total. The number of halogens is 4. The molecule has 0 heterocycles. The monoisotopic (exact) mass is 358 g/mol. The Balaban J connectivity index is 2.74. The number of hydrogen-bond donors (Lipinski definition) is 0. The number of benzene rings is 2. The van der Waals surface area contributed by atoms with Gasteiger partial charge in [-0.15, -0.1) is 0 Å². The van der Waals surface area contributed by atoms with Crippen molar-refractivity contribution < 1.29 is 22.7 Å². The number of carbonyl (C=O) groups excluding carboxylic acids is 1. The zero-order chi connectivity index (χ0) is 15.6. The molecule has 2 aromatic carbocycles. The Kier molecular flexibility index (Phi) is 4.67. The van der Waals surface area contributed by atoms with Crippen LogP contribution in [0.5, 0.6) is 5.75 Å². The molecule has 0 saturated carbocycles. The summed E-state index contributed by atoms with van der Waals surface area (Å²) in [4.78, 5) is 11.0. The maximum absolute atomic E-state index is 14.6. The highest BCUT2D eigenvalue weighted by Crippen LogP contribution is 2.39. The maximum Gasteiger partial charge on any atom is 0.174 e. The summed E-state index contributed by atoms with van der Waals surface area (Å²) < 4.78 is 46.7. The Bertz CT molecular complexity index is 702. The van der Waals surface area contributed by atoms with E-state index in [1.807, 2.05) is 0 Å². The van der Waals surface area contributed by atoms with Crippen LogP contribution >= 0.6 is 15.9 Å². The molecule has 0 aliphatic carbocycles. The van der Waals surface area contributed by atoms with Crippen molar-refractivity contribution in [2.24, 2.45) is 0 Å². The van der Waals surface area contributed by atoms with Gasteiger partial charge in [-0.25, -0.2) is 13.2 Å². The van der Waals surface area contributed by atoms with Gasteiger partial charge in [-0.3, -0.25) is 4.79 Å². The van der Waals surface area contributed by atoms with Crippen molar-refractivity contribution in [3.8, 4) is 16.9 Å². The highest BCUT2D eigenvalue weighted by molar-refractivity contribution is 9.10. The van der Waals surface area contributed by atoms with Crippen molar-refractivity contribution in [3.05, 3.63) is 51.8 Å². The maximum atomic E-state index is 14.6. The van der Waals surface area contributed by atoms with Crippen LogP contribution in [0.15, 0.2) is 28.7 Å². The molecule has 2 nitrogen and oxygen atoms in total. The second-order valence-corrected chi connectivity index (χ2v) is 5.00. The van der Waals surface area contributed by atoms with E-state index >= 15 is 0 Å². The fraction of sp³-hybridized carbons (Fsp3) is 0.133. The van der Waals surface area contributed by atoms with Gasteiger partial charge in [0.1, 0.15) is 11.6 Å². The highest BCUT2D eigenvalue weighted by Gasteiger charge is 2.21. The van der Waals surface area contributed by atoms with Crippen LogP contribution in [0.3, 0.4) is 0 Å². The van der Waals surface area contributed by atoms with Crippen LogP contribution < -0.4 is 4.74 Å². The fourth-order valence-electron chi connectivity index (χ4n) is 1.94. The first-order valence-electron chi connectivity index (χ1n) is 6.05. The molecular weight excluding hydrogens is 349 g/mol. The van der Waals surface area contributed by atoms with Crippen molar-refractivity contribution in [3.63, 3.8) is 0 Å². The van der Waals surface area contributed by atoms with Gasteiger partial charge >= 0.3 is 0 Å². The lowest BCUT2D eigenvalue weighted by Crippen LogP contribution is -2.02. The van der Waals surface area contributed by atoms with Crippen LogP contribution in [0.2, 0.25) is 0 Å². The van der Waals surface area contributed by atoms with E-state index in [0.29, 0.717) is 12.4 Å². The Hall–Kier alpha value is -1.82. The zero-order valence-corrected chi connectivity index (χ0v) is 12.5. The number of carbonyl (C=O) groups is 1. The minimum absolute atomic E-state index is 0.00694. The van der Waals surface area contributed by atoms with E-state index in [1.54, 1.807) is 6.92 Å². The summed E-state index contributed by atoms with van der Waals surface area (Å²) in [6.45, 7) is 1.78. The molecule has 0 unspecified atom stereocenters. The molecule has 21 heavy (non-hydrogen) atoms. The average molecular weight is 359 g/mol. The molecule has 0 saturated heterocycles. The van der Waals surface area contributed by atoms with Crippen LogP contribution in [-0.2, 0) is 0 Å². The minimum Gasteiger partial charge on any atom is -0.490 e. The van der Waals surface area contributed by atoms with Crippen molar-refractivity contribution in [1.82, 2.24) is 0 Å². The van der Waals surface area contributed by atoms with E-state index in [4.69, 9.17) is 4.74 Å². The minimum atomic E-state index is -0.907. The van der Waals surface area contributed by atoms with E-state index in [9.17, 15) is 18.0 Å². The van der Waals surface area contributed by atoms with Crippen molar-refractivity contribution >= 4 is 22.2 Å². The van der Waals surface area contributed by atoms with Crippen molar-refractivity contribution in [2.75, 3.05) is 6.61 Å². The smallest absolute Gasteiger partial charge is 0.174 e. The van der Waals surface area contributed by atoms with Gasteiger partial charge in [0.25, 0.3) is 0 Å². The lowest BCUT2D eigenvalue weighted by atomic mass is 10.0. The number of aldehydes is 1. The average Bonchev–Trinajstić information content (AvgIpc) is 2.44. The summed E-state index contributed by atoms with van der Waals surface area (Å²) in [6, 6.07) is 4.15. The van der Waals surface area contributed by atoms with Crippen LogP contribution in [0.4, 0.5) is 13.2 Å². The van der Waals surface area contributed by atoms with Crippen molar-refractivity contribution in [2.45, 2.75) is 6.92 Å². The number of rotatable bonds is 4. The predicted molar refractivity (Wildman–Crippen MR) is 76.0 cm³/mol. The molecule has 0 amide bonds. The molecule has 0 spiro atoms. The van der Waals surface area contributed by atoms with E-state index in [-0.39, 0.29) is 33.5 Å². The Morgan fingerprint density at radius 1 is 1.24 bits per heavy atom. The molecule has 2 aromatic rings. The fourth-order valence-corrected chi connectivity index (χ4v) is 2.57. The molecule has 2 rings (SSSR count). The van der Waals surface area contributed by atoms with Gasteiger partial charge in [-0.1, -0.05) is 15.9 Å². The van der Waals surface area contributed by atoms with Crippen LogP contribution in [0.1, 0.15) is 17.3 Å². The van der Waals surface area contributed by atoms with E-state index in [0.717, 1.165) is 12.1 Å². The third kappa shape index (κ3) is 2.95. The molecule has 0 bridgehead atoms. The molecule has 0 aromatic heterocycles. The van der Waals surface area contributed by atoms with Gasteiger partial charge in [0.05, 0.1) is 12.2 Å². The van der Waals surface area contributed by atoms with Gasteiger partial charge in [0.2, 0.25) is 0 Å². The quantitative estimate of drug-likeness (QED) is 0.737. The van der Waals surface area contributed by atoms with E-state index < -0.39 is 17.5 Å². The van der Waals surface area contributed by atoms with Gasteiger partial charge in [-0.05, 0) is 25.1 Å². The second-order valence-electron chi connectivity index (χ2n) is 4.14. The lowest BCUT2D eigenvalue weighted by Gasteiger charge is -2.14. The summed E-state index contributed by atoms with van der Waals surface area (Å²) >= 11 is 3.10. The summed E-state index contributed by atoms with van der Waals surface area (Å²) in [5, 5.41) is 0. The van der Waals surface area contributed by atoms with Crippen molar-refractivity contribution in [1.29, 1.82) is 0 Å². The molecular formula is C15H10BrF3O2. The van der Waals surface area contributed by atoms with E-state index in [1.165, 1.54) is 6.07 Å². The number of ether oxygens (including phenoxy) is 1. The molecule has 0 fully saturated rings. The first-order chi connectivity index (χ1) is 9.99. The third-order valence-corrected chi connectivity index (χ3v) is 3.44. The van der Waals surface area contributed by atoms with Gasteiger partial charge in [0, 0.05) is 21.7 Å². The SMILES string of the molecule is CCOc1c(C=O)cc(Br)c(-c2ccc(F)cc2F)c1F. The first kappa shape index (κ1) is 15.6. The molecule has 110 valence electrons. The summed E-state index contributed by atoms with van der Waals surface area (Å²) in [5.74, 6) is -2.80. The Morgan fingerprint density at radius 2 is 1.95 bits per heavy atom. The third-order valence-electron chi connectivity index (χ3n) is 2.82. The predicted octanol–water partition coefficient (Wildman–Crippen LogP) is 4.74. The Morgan fingerprint density at radius 3 is 2.52 bits per heavy atom. The van der Waals surface area contributed by atoms with Crippen LogP contribution in [0, 0.1) is 17.5 Å². The first-order valence-corrected chi connectivity index (χ1v) is 6.84. The highest BCUT2D eigenvalue weighted by atomic mass is 79.9. The summed E-state index contributed by atoms with van der Waals surface area (Å²) in [6.07, 6.45) is 0.448. The largest absolute Gasteiger partial charge is 0.490 e. The normalized spacial score (nSPS) is 10.5. The number of hydrogen-bond acceptors (Lipinski definition) is 2. The topological polar surface area (TPSA) is 26.3 Å². The molecule has 0 aliphatic heterocycles. The molecule has 0 aliphatic rings. The standard InChI is InChI=1S/C15H10BrF3O2/c1-2-21-15-8(7-20)5-11(16)13(14(15)19)10-4-3-9(17)6-12(10)18/h3-7H,2H2,1H3. The summed E-state index contributed by atoms with van der Waals surface area (Å²) in [5.41, 5.74) is -0.242. The second kappa shape index (κ2) is 6.30. The van der Waals surface area contributed by atoms with Crippen LogP contribution in [0.25, 0.3) is 11.1 Å². The van der Waals surface area contributed by atoms with Gasteiger partial charge in [-0.2, -0.15) is 0 Å². The van der Waals surface area contributed by atoms with Gasteiger partial charge in [0.15, 0.2) is 17.9 Å². The van der Waals surface area contributed by atoms with Gasteiger partial charge < -0.3 is 4.74 Å². The summed E-state index contributed by atoms with van der Waals surface area (Å²) in [7, 11) is 0. The zero-order valence-electron chi connectivity index (χ0n) is 10.9. The Labute approximate surface area is 127 Å². The van der Waals surface area contributed by atoms with E-state index in [2.05, 4.69) is 15.9 Å². The lowest BCUT2D eigenvalue weighted by molar-refractivity contribution is 0.111. The molecule has 0 atom stereocenters.